The molecule has 6 nitrogen and oxygen atoms in total. The molecule has 2 aromatic rings. The second kappa shape index (κ2) is 5.96. The molecule has 0 radical (unpaired) electrons. The number of amides is 1. The molecular weight excluding hydrogens is 264 g/mol. The third-order valence-corrected chi connectivity index (χ3v) is 3.25. The highest BCUT2D eigenvalue weighted by Gasteiger charge is 2.20. The third-order valence-electron chi connectivity index (χ3n) is 2.48. The van der Waals surface area contributed by atoms with Gasteiger partial charge in [-0.2, -0.15) is 0 Å². The number of nitrogens with zero attached hydrogens (tertiary/aromatic N) is 2. The van der Waals surface area contributed by atoms with Crippen molar-refractivity contribution in [2.75, 3.05) is 0 Å². The Bertz CT molecular complexity index is 569. The molecule has 0 aliphatic rings. The molecule has 1 heterocycles. The van der Waals surface area contributed by atoms with E-state index in [2.05, 4.69) is 15.5 Å². The summed E-state index contributed by atoms with van der Waals surface area (Å²) >= 11 is 1.22. The van der Waals surface area contributed by atoms with Gasteiger partial charge in [-0.1, -0.05) is 35.5 Å². The smallest absolute Gasteiger partial charge is 0.263 e. The minimum absolute atomic E-state index is 0.0796. The van der Waals surface area contributed by atoms with Crippen LogP contribution in [0.3, 0.4) is 0 Å². The van der Waals surface area contributed by atoms with Crippen molar-refractivity contribution in [2.45, 2.75) is 6.04 Å². The summed E-state index contributed by atoms with van der Waals surface area (Å²) in [6, 6.07) is 8.36. The quantitative estimate of drug-likeness (QED) is 0.340. The maximum atomic E-state index is 12.0. The minimum Gasteiger partial charge on any atom is -0.409 e. The molecule has 0 fully saturated rings. The molecule has 98 valence electrons. The topological polar surface area (TPSA) is 101 Å². The molecule has 4 N–H and O–H groups in total. The van der Waals surface area contributed by atoms with Crippen LogP contribution >= 0.6 is 11.3 Å². The summed E-state index contributed by atoms with van der Waals surface area (Å²) in [6.45, 7) is 0. The summed E-state index contributed by atoms with van der Waals surface area (Å²) in [5, 5.41) is 14.5. The van der Waals surface area contributed by atoms with Crippen LogP contribution in [0.4, 0.5) is 0 Å². The Hall–Kier alpha value is -2.41. The van der Waals surface area contributed by atoms with Crippen molar-refractivity contribution in [3.63, 3.8) is 0 Å². The average Bonchev–Trinajstić information content (AvgIpc) is 2.99. The molecule has 0 spiro atoms. The number of aromatic nitrogens is 1. The zero-order valence-electron chi connectivity index (χ0n) is 9.85. The van der Waals surface area contributed by atoms with Crippen molar-refractivity contribution in [1.82, 2.24) is 10.3 Å². The van der Waals surface area contributed by atoms with Crippen LogP contribution in [0.2, 0.25) is 0 Å². The van der Waals surface area contributed by atoms with E-state index < -0.39 is 6.04 Å². The molecule has 2 rings (SSSR count). The Kier molecular flexibility index (Phi) is 4.09. The molecule has 0 aliphatic carbocycles. The summed E-state index contributed by atoms with van der Waals surface area (Å²) in [7, 11) is 0. The first-order chi connectivity index (χ1) is 9.22. The highest BCUT2D eigenvalue weighted by Crippen LogP contribution is 2.14. The molecular formula is C12H12N4O2S. The summed E-state index contributed by atoms with van der Waals surface area (Å²) in [4.78, 5) is 16.3. The fourth-order valence-electron chi connectivity index (χ4n) is 1.56. The van der Waals surface area contributed by atoms with Crippen molar-refractivity contribution in [2.24, 2.45) is 10.9 Å². The standard InChI is InChI=1S/C12H12N4O2S/c13-11(16-18)10(8-4-2-1-3-5-8)15-12(17)9-6-14-7-19-9/h1-7,10,18H,(H2,13,16)(H,15,17). The molecule has 0 bridgehead atoms. The normalized spacial score (nSPS) is 12.9. The lowest BCUT2D eigenvalue weighted by atomic mass is 10.1. The Morgan fingerprint density at radius 2 is 2.16 bits per heavy atom. The van der Waals surface area contributed by atoms with Crippen molar-refractivity contribution >= 4 is 23.1 Å². The van der Waals surface area contributed by atoms with Gasteiger partial charge in [-0.25, -0.2) is 0 Å². The van der Waals surface area contributed by atoms with Crippen LogP contribution in [0.15, 0.2) is 47.2 Å². The van der Waals surface area contributed by atoms with Crippen LogP contribution in [0.25, 0.3) is 0 Å². The largest absolute Gasteiger partial charge is 0.409 e. The fourth-order valence-corrected chi connectivity index (χ4v) is 2.08. The number of amidine groups is 1. The number of carbonyl (C=O) groups is 1. The number of benzene rings is 1. The lowest BCUT2D eigenvalue weighted by Crippen LogP contribution is -2.37. The second-order valence-corrected chi connectivity index (χ2v) is 4.59. The molecule has 7 heteroatoms. The number of nitrogens with one attached hydrogen (secondary N) is 1. The van der Waals surface area contributed by atoms with Gasteiger partial charge in [-0.15, -0.1) is 11.3 Å². The molecule has 1 unspecified atom stereocenters. The summed E-state index contributed by atoms with van der Waals surface area (Å²) < 4.78 is 0. The average molecular weight is 276 g/mol. The van der Waals surface area contributed by atoms with Crippen molar-refractivity contribution in [3.8, 4) is 0 Å². The lowest BCUT2D eigenvalue weighted by Gasteiger charge is -2.17. The van der Waals surface area contributed by atoms with Gasteiger partial charge in [0.05, 0.1) is 11.7 Å². The second-order valence-electron chi connectivity index (χ2n) is 3.71. The van der Waals surface area contributed by atoms with Gasteiger partial charge in [0.1, 0.15) is 10.9 Å². The van der Waals surface area contributed by atoms with Crippen LogP contribution in [-0.4, -0.2) is 21.9 Å². The summed E-state index contributed by atoms with van der Waals surface area (Å²) in [5.41, 5.74) is 7.92. The highest BCUT2D eigenvalue weighted by molar-refractivity contribution is 7.11. The van der Waals surface area contributed by atoms with Crippen LogP contribution < -0.4 is 11.1 Å². The predicted octanol–water partition coefficient (Wildman–Crippen LogP) is 1.36. The fraction of sp³-hybridized carbons (Fsp3) is 0.0833. The van der Waals surface area contributed by atoms with E-state index >= 15 is 0 Å². The van der Waals surface area contributed by atoms with Crippen LogP contribution in [0.5, 0.6) is 0 Å². The molecule has 1 aromatic heterocycles. The maximum absolute atomic E-state index is 12.0. The summed E-state index contributed by atoms with van der Waals surface area (Å²) in [6.07, 6.45) is 1.47. The molecule has 1 amide bonds. The van der Waals surface area contributed by atoms with Gasteiger partial charge in [-0.3, -0.25) is 9.78 Å². The van der Waals surface area contributed by atoms with Gasteiger partial charge < -0.3 is 16.3 Å². The predicted molar refractivity (Wildman–Crippen MR) is 72.2 cm³/mol. The van der Waals surface area contributed by atoms with Gasteiger partial charge in [0.15, 0.2) is 5.84 Å². The van der Waals surface area contributed by atoms with Gasteiger partial charge >= 0.3 is 0 Å². The zero-order valence-corrected chi connectivity index (χ0v) is 10.7. The van der Waals surface area contributed by atoms with E-state index in [9.17, 15) is 4.79 Å². The number of nitrogens with two attached hydrogens (primary N) is 1. The van der Waals surface area contributed by atoms with Crippen molar-refractivity contribution in [3.05, 3.63) is 52.5 Å². The first kappa shape index (κ1) is 13.0. The molecule has 19 heavy (non-hydrogen) atoms. The van der Waals surface area contributed by atoms with Gasteiger partial charge in [0.25, 0.3) is 5.91 Å². The zero-order chi connectivity index (χ0) is 13.7. The van der Waals surface area contributed by atoms with Crippen molar-refractivity contribution < 1.29 is 10.0 Å². The number of hydrogen-bond donors (Lipinski definition) is 3. The highest BCUT2D eigenvalue weighted by atomic mass is 32.1. The van der Waals surface area contributed by atoms with Gasteiger partial charge in [-0.05, 0) is 5.56 Å². The van der Waals surface area contributed by atoms with Gasteiger partial charge in [0.2, 0.25) is 0 Å². The Labute approximate surface area is 113 Å². The van der Waals surface area contributed by atoms with E-state index in [0.29, 0.717) is 4.88 Å². The van der Waals surface area contributed by atoms with E-state index in [1.807, 2.05) is 18.2 Å². The molecule has 0 saturated heterocycles. The first-order valence-electron chi connectivity index (χ1n) is 5.44. The number of carbonyl (C=O) groups excluding carboxylic acids is 1. The molecule has 1 aromatic carbocycles. The van der Waals surface area contributed by atoms with Gasteiger partial charge in [0, 0.05) is 0 Å². The Morgan fingerprint density at radius 1 is 1.42 bits per heavy atom. The monoisotopic (exact) mass is 276 g/mol. The van der Waals surface area contributed by atoms with E-state index in [-0.39, 0.29) is 11.7 Å². The third kappa shape index (κ3) is 3.08. The van der Waals surface area contributed by atoms with Crippen molar-refractivity contribution in [1.29, 1.82) is 0 Å². The lowest BCUT2D eigenvalue weighted by molar-refractivity contribution is 0.0950. The number of hydrogen-bond acceptors (Lipinski definition) is 5. The van der Waals surface area contributed by atoms with Crippen LogP contribution in [0.1, 0.15) is 21.3 Å². The Morgan fingerprint density at radius 3 is 2.74 bits per heavy atom. The molecule has 1 atom stereocenters. The van der Waals surface area contributed by atoms with E-state index in [1.165, 1.54) is 17.5 Å². The number of oxime groups is 1. The van der Waals surface area contributed by atoms with Crippen LogP contribution in [0, 0.1) is 0 Å². The first-order valence-corrected chi connectivity index (χ1v) is 6.32. The summed E-state index contributed by atoms with van der Waals surface area (Å²) in [5.74, 6) is -0.396. The maximum Gasteiger partial charge on any atom is 0.263 e. The number of rotatable bonds is 4. The van der Waals surface area contributed by atoms with E-state index in [4.69, 9.17) is 10.9 Å². The SMILES string of the molecule is N/C(=N/O)C(NC(=O)c1cncs1)c1ccccc1. The Balaban J connectivity index is 2.23. The molecule has 0 saturated carbocycles. The minimum atomic E-state index is -0.680. The molecule has 0 aliphatic heterocycles. The van der Waals surface area contributed by atoms with Crippen LogP contribution in [-0.2, 0) is 0 Å². The number of thiazole rings is 1. The van der Waals surface area contributed by atoms with E-state index in [1.54, 1.807) is 17.6 Å². The van der Waals surface area contributed by atoms with E-state index in [0.717, 1.165) is 5.56 Å².